The van der Waals surface area contributed by atoms with Gasteiger partial charge in [0.05, 0.1) is 44.1 Å². The van der Waals surface area contributed by atoms with Crippen molar-refractivity contribution in [2.45, 2.75) is 43.5 Å². The lowest BCUT2D eigenvalue weighted by atomic mass is 10.2. The first-order chi connectivity index (χ1) is 21.6. The third-order valence-electron chi connectivity index (χ3n) is 9.79. The van der Waals surface area contributed by atoms with Crippen LogP contribution in [-0.2, 0) is 9.47 Å². The standard InChI is InChI=1S/C33H40N8O3/c1-38-12-14-39(15-13-38)25-8-6-24(7-9-25)35-33(42)34-23-4-2-22(3-5-23)32-36-30(40-18-29-16-28(40)21-44-29)17-31(37-32)41-26-10-11-27(41)20-43-19-26/h2-9,17,26-29H,10-16,18-21H2,1H3,(H2,34,35,42)/t26?,27?,28-,29-/m0/s1. The maximum atomic E-state index is 12.8. The van der Waals surface area contributed by atoms with Gasteiger partial charge in [-0.1, -0.05) is 0 Å². The Balaban J connectivity index is 0.969. The van der Waals surface area contributed by atoms with Gasteiger partial charge in [0.25, 0.3) is 0 Å². The van der Waals surface area contributed by atoms with E-state index in [0.29, 0.717) is 29.6 Å². The molecule has 2 N–H and O–H groups in total. The lowest BCUT2D eigenvalue weighted by Gasteiger charge is -2.36. The van der Waals surface area contributed by atoms with Gasteiger partial charge in [-0.2, -0.15) is 0 Å². The van der Waals surface area contributed by atoms with Gasteiger partial charge in [0.1, 0.15) is 11.6 Å². The number of amides is 2. The number of rotatable bonds is 6. The van der Waals surface area contributed by atoms with E-state index in [-0.39, 0.29) is 12.1 Å². The van der Waals surface area contributed by atoms with Gasteiger partial charge < -0.3 is 39.7 Å². The Morgan fingerprint density at radius 3 is 2.11 bits per heavy atom. The molecule has 5 aliphatic heterocycles. The van der Waals surface area contributed by atoms with Crippen molar-refractivity contribution >= 4 is 34.7 Å². The molecule has 5 fully saturated rings. The number of urea groups is 1. The molecule has 0 saturated carbocycles. The van der Waals surface area contributed by atoms with E-state index >= 15 is 0 Å². The third-order valence-corrected chi connectivity index (χ3v) is 9.79. The van der Waals surface area contributed by atoms with E-state index in [4.69, 9.17) is 19.4 Å². The summed E-state index contributed by atoms with van der Waals surface area (Å²) >= 11 is 0. The molecule has 0 aliphatic carbocycles. The predicted octanol–water partition coefficient (Wildman–Crippen LogP) is 3.88. The van der Waals surface area contributed by atoms with E-state index in [1.165, 1.54) is 5.69 Å². The van der Waals surface area contributed by atoms with E-state index in [0.717, 1.165) is 94.7 Å². The summed E-state index contributed by atoms with van der Waals surface area (Å²) in [4.78, 5) is 32.5. The van der Waals surface area contributed by atoms with Crippen molar-refractivity contribution in [1.29, 1.82) is 0 Å². The molecule has 4 atom stereocenters. The van der Waals surface area contributed by atoms with E-state index in [9.17, 15) is 4.79 Å². The number of ether oxygens (including phenoxy) is 2. The smallest absolute Gasteiger partial charge is 0.323 e. The largest absolute Gasteiger partial charge is 0.377 e. The van der Waals surface area contributed by atoms with Crippen molar-refractivity contribution in [3.8, 4) is 11.4 Å². The number of piperazine rings is 1. The van der Waals surface area contributed by atoms with Crippen molar-refractivity contribution in [3.63, 3.8) is 0 Å². The second kappa shape index (κ2) is 11.5. The average Bonchev–Trinajstić information content (AvgIpc) is 3.75. The van der Waals surface area contributed by atoms with Crippen molar-refractivity contribution in [2.24, 2.45) is 0 Å². The van der Waals surface area contributed by atoms with Crippen molar-refractivity contribution in [1.82, 2.24) is 14.9 Å². The van der Waals surface area contributed by atoms with Crippen LogP contribution in [0, 0.1) is 0 Å². The first kappa shape index (κ1) is 27.6. The Kier molecular flexibility index (Phi) is 7.24. The van der Waals surface area contributed by atoms with Crippen LogP contribution in [0.2, 0.25) is 0 Å². The minimum Gasteiger partial charge on any atom is -0.377 e. The fourth-order valence-electron chi connectivity index (χ4n) is 7.33. The Morgan fingerprint density at radius 2 is 1.48 bits per heavy atom. The summed E-state index contributed by atoms with van der Waals surface area (Å²) in [5.74, 6) is 2.64. The quantitative estimate of drug-likeness (QED) is 0.439. The highest BCUT2D eigenvalue weighted by molar-refractivity contribution is 6.00. The fourth-order valence-corrected chi connectivity index (χ4v) is 7.33. The number of nitrogens with zero attached hydrogens (tertiary/aromatic N) is 6. The van der Waals surface area contributed by atoms with Crippen molar-refractivity contribution in [3.05, 3.63) is 54.6 Å². The van der Waals surface area contributed by atoms with Crippen LogP contribution in [0.1, 0.15) is 19.3 Å². The molecule has 2 amide bonds. The zero-order chi connectivity index (χ0) is 29.6. The van der Waals surface area contributed by atoms with E-state index in [2.05, 4.69) is 55.5 Å². The third kappa shape index (κ3) is 5.44. The van der Waals surface area contributed by atoms with Crippen LogP contribution in [0.25, 0.3) is 11.4 Å². The number of nitrogens with one attached hydrogen (secondary N) is 2. The molecule has 6 heterocycles. The molecule has 0 radical (unpaired) electrons. The number of hydrogen-bond acceptors (Lipinski definition) is 9. The first-order valence-electron chi connectivity index (χ1n) is 15.9. The molecule has 0 spiro atoms. The Hall–Kier alpha value is -3.93. The molecular formula is C33H40N8O3. The molecule has 11 heteroatoms. The molecule has 44 heavy (non-hydrogen) atoms. The van der Waals surface area contributed by atoms with Gasteiger partial charge in [0.15, 0.2) is 5.82 Å². The Labute approximate surface area is 258 Å². The highest BCUT2D eigenvalue weighted by atomic mass is 16.5. The van der Waals surface area contributed by atoms with E-state index < -0.39 is 0 Å². The van der Waals surface area contributed by atoms with Gasteiger partial charge in [-0.3, -0.25) is 0 Å². The van der Waals surface area contributed by atoms with Crippen LogP contribution in [0.5, 0.6) is 0 Å². The lowest BCUT2D eigenvalue weighted by Crippen LogP contribution is -2.46. The maximum absolute atomic E-state index is 12.8. The number of carbonyl (C=O) groups excluding carboxylic acids is 1. The molecule has 11 nitrogen and oxygen atoms in total. The summed E-state index contributed by atoms with van der Waals surface area (Å²) in [6, 6.07) is 18.8. The highest BCUT2D eigenvalue weighted by Gasteiger charge is 2.42. The van der Waals surface area contributed by atoms with Gasteiger partial charge in [0.2, 0.25) is 0 Å². The molecule has 1 aromatic heterocycles. The molecule has 3 aromatic rings. The molecule has 230 valence electrons. The minimum absolute atomic E-state index is 0.278. The zero-order valence-electron chi connectivity index (χ0n) is 25.2. The van der Waals surface area contributed by atoms with Crippen molar-refractivity contribution < 1.29 is 14.3 Å². The van der Waals surface area contributed by atoms with Crippen molar-refractivity contribution in [2.75, 3.05) is 84.9 Å². The second-order valence-corrected chi connectivity index (χ2v) is 12.7. The summed E-state index contributed by atoms with van der Waals surface area (Å²) in [6.45, 7) is 7.26. The first-order valence-corrected chi connectivity index (χ1v) is 15.9. The summed E-state index contributed by atoms with van der Waals surface area (Å²) in [5, 5.41) is 5.91. The van der Waals surface area contributed by atoms with E-state index in [1.807, 2.05) is 36.4 Å². The number of carbonyl (C=O) groups is 1. The van der Waals surface area contributed by atoms with Gasteiger partial charge in [0, 0.05) is 61.4 Å². The molecular weight excluding hydrogens is 556 g/mol. The van der Waals surface area contributed by atoms with Gasteiger partial charge in [-0.05, 0) is 74.8 Å². The maximum Gasteiger partial charge on any atom is 0.323 e. The van der Waals surface area contributed by atoms with Gasteiger partial charge in [-0.15, -0.1) is 0 Å². The van der Waals surface area contributed by atoms with Crippen LogP contribution in [0.15, 0.2) is 54.6 Å². The van der Waals surface area contributed by atoms with Gasteiger partial charge >= 0.3 is 6.03 Å². The molecule has 2 aromatic carbocycles. The van der Waals surface area contributed by atoms with Crippen LogP contribution in [0.4, 0.5) is 33.5 Å². The minimum atomic E-state index is -0.278. The number of anilines is 5. The predicted molar refractivity (Wildman–Crippen MR) is 172 cm³/mol. The summed E-state index contributed by atoms with van der Waals surface area (Å²) in [7, 11) is 2.15. The van der Waals surface area contributed by atoms with Crippen LogP contribution in [0.3, 0.4) is 0 Å². The fraction of sp³-hybridized carbons (Fsp3) is 0.485. The number of benzene rings is 2. The van der Waals surface area contributed by atoms with Crippen LogP contribution >= 0.6 is 0 Å². The summed E-state index contributed by atoms with van der Waals surface area (Å²) in [6.07, 6.45) is 3.60. The highest BCUT2D eigenvalue weighted by Crippen LogP contribution is 2.38. The SMILES string of the molecule is CN1CCN(c2ccc(NC(=O)Nc3ccc(-c4nc(N5C6CCC5COC6)cc(N5C[C@@H]6C[C@H]5CO6)n4)cc3)cc2)CC1. The number of morpholine rings is 2. The van der Waals surface area contributed by atoms with Crippen LogP contribution in [-0.4, -0.2) is 105 Å². The normalized spacial score (nSPS) is 26.3. The molecule has 4 bridgehead atoms. The zero-order valence-corrected chi connectivity index (χ0v) is 25.2. The van der Waals surface area contributed by atoms with Gasteiger partial charge in [-0.25, -0.2) is 14.8 Å². The molecule has 2 unspecified atom stereocenters. The molecule has 5 saturated heterocycles. The lowest BCUT2D eigenvalue weighted by molar-refractivity contribution is 0.0902. The Morgan fingerprint density at radius 1 is 0.818 bits per heavy atom. The number of aromatic nitrogens is 2. The second-order valence-electron chi connectivity index (χ2n) is 12.7. The van der Waals surface area contributed by atoms with Crippen LogP contribution < -0.4 is 25.3 Å². The monoisotopic (exact) mass is 596 g/mol. The van der Waals surface area contributed by atoms with E-state index in [1.54, 1.807) is 0 Å². The number of hydrogen-bond donors (Lipinski definition) is 2. The summed E-state index contributed by atoms with van der Waals surface area (Å²) in [5.41, 5.74) is 3.56. The summed E-state index contributed by atoms with van der Waals surface area (Å²) < 4.78 is 11.7. The number of likely N-dealkylation sites (N-methyl/N-ethyl adjacent to an activating group) is 1. The topological polar surface area (TPSA) is 98.3 Å². The Bertz CT molecular complexity index is 1480. The number of fused-ring (bicyclic) bond motifs is 4. The molecule has 8 rings (SSSR count). The molecule has 5 aliphatic rings. The average molecular weight is 597 g/mol.